The van der Waals surface area contributed by atoms with Crippen LogP contribution in [0.25, 0.3) is 0 Å². The van der Waals surface area contributed by atoms with Crippen LogP contribution in [0.2, 0.25) is 0 Å². The summed E-state index contributed by atoms with van der Waals surface area (Å²) in [6, 6.07) is 3.71. The maximum absolute atomic E-state index is 5.03. The zero-order valence-electron chi connectivity index (χ0n) is 6.95. The van der Waals surface area contributed by atoms with Gasteiger partial charge in [-0.15, -0.1) is 0 Å². The Morgan fingerprint density at radius 3 is 2.58 bits per heavy atom. The number of hydrogen-bond donors (Lipinski definition) is 0. The van der Waals surface area contributed by atoms with Crippen LogP contribution in [0.3, 0.4) is 0 Å². The van der Waals surface area contributed by atoms with E-state index in [4.69, 9.17) is 9.47 Å². The van der Waals surface area contributed by atoms with Gasteiger partial charge in [0.2, 0.25) is 6.29 Å². The minimum absolute atomic E-state index is 0.387. The summed E-state index contributed by atoms with van der Waals surface area (Å²) in [5, 5.41) is 0. The minimum Gasteiger partial charge on any atom is -0.350 e. The second kappa shape index (κ2) is 4.54. The first-order chi connectivity index (χ1) is 5.77. The summed E-state index contributed by atoms with van der Waals surface area (Å²) in [4.78, 5) is 4.10. The molecule has 0 aliphatic carbocycles. The molecule has 12 heavy (non-hydrogen) atoms. The Hall–Kier alpha value is -0.450. The number of aromatic nitrogens is 1. The first-order valence-corrected chi connectivity index (χ1v) is 4.24. The highest BCUT2D eigenvalue weighted by Gasteiger charge is 2.09. The molecule has 0 unspecified atom stereocenters. The lowest BCUT2D eigenvalue weighted by Crippen LogP contribution is -2.05. The van der Waals surface area contributed by atoms with Crippen LogP contribution in [0.15, 0.2) is 22.8 Å². The summed E-state index contributed by atoms with van der Waals surface area (Å²) in [5.41, 5.74) is 0.759. The maximum atomic E-state index is 5.03. The van der Waals surface area contributed by atoms with Crippen LogP contribution in [0.5, 0.6) is 0 Å². The number of pyridine rings is 1. The normalized spacial score (nSPS) is 10.7. The van der Waals surface area contributed by atoms with Gasteiger partial charge in [-0.2, -0.15) is 0 Å². The smallest absolute Gasteiger partial charge is 0.200 e. The van der Waals surface area contributed by atoms with E-state index in [0.29, 0.717) is 0 Å². The first kappa shape index (κ1) is 9.64. The van der Waals surface area contributed by atoms with E-state index in [1.54, 1.807) is 20.4 Å². The largest absolute Gasteiger partial charge is 0.350 e. The highest BCUT2D eigenvalue weighted by Crippen LogP contribution is 2.18. The third-order valence-electron chi connectivity index (χ3n) is 1.41. The Kier molecular flexibility index (Phi) is 3.65. The fourth-order valence-electron chi connectivity index (χ4n) is 0.888. The van der Waals surface area contributed by atoms with Crippen molar-refractivity contribution in [1.29, 1.82) is 0 Å². The van der Waals surface area contributed by atoms with E-state index >= 15 is 0 Å². The molecule has 1 aromatic heterocycles. The van der Waals surface area contributed by atoms with Crippen molar-refractivity contribution in [1.82, 2.24) is 4.98 Å². The summed E-state index contributed by atoms with van der Waals surface area (Å²) in [6.45, 7) is 0. The van der Waals surface area contributed by atoms with E-state index in [2.05, 4.69) is 20.9 Å². The molecular formula is C8H10BrNO2. The van der Waals surface area contributed by atoms with Crippen LogP contribution in [0, 0.1) is 0 Å². The molecule has 4 heteroatoms. The molecular weight excluding hydrogens is 222 g/mol. The fourth-order valence-corrected chi connectivity index (χ4v) is 1.24. The minimum atomic E-state index is -0.387. The van der Waals surface area contributed by atoms with Gasteiger partial charge in [0.1, 0.15) is 0 Å². The van der Waals surface area contributed by atoms with Gasteiger partial charge in [-0.1, -0.05) is 15.9 Å². The molecule has 1 rings (SSSR count). The average molecular weight is 232 g/mol. The topological polar surface area (TPSA) is 31.4 Å². The van der Waals surface area contributed by atoms with Crippen LogP contribution < -0.4 is 0 Å². The standard InChI is InChI=1S/C8H10BrNO2/c1-11-8(12-2)7-5-6(9)3-4-10-7/h3-5,8H,1-2H3. The molecule has 0 fully saturated rings. The van der Waals surface area contributed by atoms with Crippen LogP contribution in [0.1, 0.15) is 12.0 Å². The van der Waals surface area contributed by atoms with Gasteiger partial charge >= 0.3 is 0 Å². The molecule has 0 saturated carbocycles. The molecule has 0 bridgehead atoms. The number of hydrogen-bond acceptors (Lipinski definition) is 3. The quantitative estimate of drug-likeness (QED) is 0.748. The zero-order valence-corrected chi connectivity index (χ0v) is 8.54. The van der Waals surface area contributed by atoms with E-state index in [-0.39, 0.29) is 6.29 Å². The molecule has 0 aliphatic heterocycles. The predicted octanol–water partition coefficient (Wildman–Crippen LogP) is 2.14. The van der Waals surface area contributed by atoms with Crippen LogP contribution in [-0.2, 0) is 9.47 Å². The van der Waals surface area contributed by atoms with Gasteiger partial charge in [-0.05, 0) is 12.1 Å². The lowest BCUT2D eigenvalue weighted by Gasteiger charge is -2.11. The number of rotatable bonds is 3. The molecule has 1 heterocycles. The number of ether oxygens (including phenoxy) is 2. The van der Waals surface area contributed by atoms with Crippen molar-refractivity contribution in [3.63, 3.8) is 0 Å². The average Bonchev–Trinajstić information content (AvgIpc) is 2.07. The van der Waals surface area contributed by atoms with Gasteiger partial charge < -0.3 is 9.47 Å². The van der Waals surface area contributed by atoms with Gasteiger partial charge in [0.25, 0.3) is 0 Å². The van der Waals surface area contributed by atoms with Crippen molar-refractivity contribution in [2.75, 3.05) is 14.2 Å². The summed E-state index contributed by atoms with van der Waals surface area (Å²) >= 11 is 3.34. The van der Waals surface area contributed by atoms with E-state index in [1.165, 1.54) is 0 Å². The van der Waals surface area contributed by atoms with Gasteiger partial charge in [-0.25, -0.2) is 0 Å². The van der Waals surface area contributed by atoms with Gasteiger partial charge in [0.15, 0.2) is 0 Å². The van der Waals surface area contributed by atoms with Crippen molar-refractivity contribution < 1.29 is 9.47 Å². The molecule has 0 radical (unpaired) electrons. The van der Waals surface area contributed by atoms with Crippen molar-refractivity contribution in [2.24, 2.45) is 0 Å². The Balaban J connectivity index is 2.85. The third-order valence-corrected chi connectivity index (χ3v) is 1.91. The number of halogens is 1. The second-order valence-electron chi connectivity index (χ2n) is 2.20. The Morgan fingerprint density at radius 1 is 1.42 bits per heavy atom. The van der Waals surface area contributed by atoms with Crippen molar-refractivity contribution in [2.45, 2.75) is 6.29 Å². The van der Waals surface area contributed by atoms with Crippen LogP contribution in [0.4, 0.5) is 0 Å². The lowest BCUT2D eigenvalue weighted by atomic mass is 10.3. The summed E-state index contributed by atoms with van der Waals surface area (Å²) < 4.78 is 11.0. The van der Waals surface area contributed by atoms with Gasteiger partial charge in [0.05, 0.1) is 5.69 Å². The highest BCUT2D eigenvalue weighted by molar-refractivity contribution is 9.10. The SMILES string of the molecule is COC(OC)c1cc(Br)ccn1. The monoisotopic (exact) mass is 231 g/mol. The lowest BCUT2D eigenvalue weighted by molar-refractivity contribution is -0.108. The molecule has 3 nitrogen and oxygen atoms in total. The molecule has 0 aliphatic rings. The summed E-state index contributed by atoms with van der Waals surface area (Å²) in [6.07, 6.45) is 1.31. The molecule has 0 amide bonds. The van der Waals surface area contributed by atoms with Crippen molar-refractivity contribution in [3.8, 4) is 0 Å². The van der Waals surface area contributed by atoms with E-state index in [0.717, 1.165) is 10.2 Å². The molecule has 66 valence electrons. The predicted molar refractivity (Wildman–Crippen MR) is 48.7 cm³/mol. The Bertz CT molecular complexity index is 251. The van der Waals surface area contributed by atoms with Crippen molar-refractivity contribution in [3.05, 3.63) is 28.5 Å². The number of nitrogens with zero attached hydrogens (tertiary/aromatic N) is 1. The molecule has 0 N–H and O–H groups in total. The molecule has 0 atom stereocenters. The van der Waals surface area contributed by atoms with E-state index in [1.807, 2.05) is 12.1 Å². The van der Waals surface area contributed by atoms with Crippen LogP contribution in [-0.4, -0.2) is 19.2 Å². The van der Waals surface area contributed by atoms with Gasteiger partial charge in [0, 0.05) is 24.9 Å². The van der Waals surface area contributed by atoms with Crippen molar-refractivity contribution >= 4 is 15.9 Å². The number of methoxy groups -OCH3 is 2. The fraction of sp³-hybridized carbons (Fsp3) is 0.375. The summed E-state index contributed by atoms with van der Waals surface area (Å²) in [5.74, 6) is 0. The molecule has 0 saturated heterocycles. The van der Waals surface area contributed by atoms with Gasteiger partial charge in [-0.3, -0.25) is 4.98 Å². The molecule has 0 spiro atoms. The Labute approximate surface area is 79.8 Å². The first-order valence-electron chi connectivity index (χ1n) is 3.45. The Morgan fingerprint density at radius 2 is 2.08 bits per heavy atom. The third kappa shape index (κ3) is 2.27. The van der Waals surface area contributed by atoms with E-state index < -0.39 is 0 Å². The maximum Gasteiger partial charge on any atom is 0.200 e. The molecule has 1 aromatic rings. The van der Waals surface area contributed by atoms with E-state index in [9.17, 15) is 0 Å². The zero-order chi connectivity index (χ0) is 8.97. The second-order valence-corrected chi connectivity index (χ2v) is 3.12. The highest BCUT2D eigenvalue weighted by atomic mass is 79.9. The molecule has 0 aromatic carbocycles. The van der Waals surface area contributed by atoms with Crippen LogP contribution >= 0.6 is 15.9 Å². The summed E-state index contributed by atoms with van der Waals surface area (Å²) in [7, 11) is 3.16.